The van der Waals surface area contributed by atoms with Gasteiger partial charge in [0.2, 0.25) is 0 Å². The van der Waals surface area contributed by atoms with Gasteiger partial charge in [-0.2, -0.15) is 0 Å². The lowest BCUT2D eigenvalue weighted by Crippen LogP contribution is -2.39. The lowest BCUT2D eigenvalue weighted by molar-refractivity contribution is -0.118. The van der Waals surface area contributed by atoms with Crippen LogP contribution in [0.1, 0.15) is 11.6 Å². The number of amides is 3. The van der Waals surface area contributed by atoms with E-state index in [1.54, 1.807) is 30.3 Å². The van der Waals surface area contributed by atoms with Gasteiger partial charge < -0.3 is 25.6 Å². The number of rotatable bonds is 8. The third-order valence-electron chi connectivity index (χ3n) is 4.84. The van der Waals surface area contributed by atoms with Crippen molar-refractivity contribution >= 4 is 34.7 Å². The normalized spacial score (nSPS) is 11.1. The standard InChI is InChI=1S/C24H25N5O4/c1-29(2)19-11-7-10-17(14-19)25-23(30)22(16-8-5-4-6-9-16)27-24(31)26-20-15-18(28-32)12-13-21(20)33-3/h4-15,22H,1-3H3,(H,25,30)(H2,26,27,31). The monoisotopic (exact) mass is 447 g/mol. The highest BCUT2D eigenvalue weighted by atomic mass is 16.5. The van der Waals surface area contributed by atoms with Crippen LogP contribution in [-0.4, -0.2) is 33.1 Å². The zero-order valence-electron chi connectivity index (χ0n) is 18.5. The predicted octanol–water partition coefficient (Wildman–Crippen LogP) is 4.66. The van der Waals surface area contributed by atoms with Crippen molar-refractivity contribution in [2.24, 2.45) is 5.18 Å². The number of anilines is 3. The average molecular weight is 447 g/mol. The molecule has 1 atom stereocenters. The minimum absolute atomic E-state index is 0.129. The fourth-order valence-electron chi connectivity index (χ4n) is 3.16. The van der Waals surface area contributed by atoms with E-state index in [1.807, 2.05) is 43.3 Å². The van der Waals surface area contributed by atoms with E-state index in [9.17, 15) is 14.5 Å². The summed E-state index contributed by atoms with van der Waals surface area (Å²) in [7, 11) is 5.25. The van der Waals surface area contributed by atoms with E-state index in [2.05, 4.69) is 21.1 Å². The number of carbonyl (C=O) groups is 2. The van der Waals surface area contributed by atoms with Gasteiger partial charge in [-0.15, -0.1) is 4.91 Å². The Bertz CT molecular complexity index is 1130. The first-order valence-corrected chi connectivity index (χ1v) is 10.1. The van der Waals surface area contributed by atoms with Crippen LogP contribution >= 0.6 is 0 Å². The van der Waals surface area contributed by atoms with Crippen LogP contribution in [0.3, 0.4) is 0 Å². The molecular weight excluding hydrogens is 422 g/mol. The minimum atomic E-state index is -0.979. The van der Waals surface area contributed by atoms with Crippen molar-refractivity contribution in [1.29, 1.82) is 0 Å². The van der Waals surface area contributed by atoms with Crippen LogP contribution in [0.5, 0.6) is 5.75 Å². The molecule has 0 aromatic heterocycles. The number of nitrogens with one attached hydrogen (secondary N) is 3. The van der Waals surface area contributed by atoms with Crippen LogP contribution in [0.4, 0.5) is 27.5 Å². The van der Waals surface area contributed by atoms with E-state index >= 15 is 0 Å². The van der Waals surface area contributed by atoms with E-state index < -0.39 is 18.0 Å². The van der Waals surface area contributed by atoms with E-state index in [4.69, 9.17) is 4.74 Å². The molecule has 3 aromatic carbocycles. The molecule has 0 radical (unpaired) electrons. The van der Waals surface area contributed by atoms with Gasteiger partial charge in [-0.3, -0.25) is 4.79 Å². The summed E-state index contributed by atoms with van der Waals surface area (Å²) in [5.74, 6) is -0.0682. The predicted molar refractivity (Wildman–Crippen MR) is 129 cm³/mol. The first kappa shape index (κ1) is 23.3. The highest BCUT2D eigenvalue weighted by molar-refractivity contribution is 6.00. The van der Waals surface area contributed by atoms with Crippen LogP contribution in [0.2, 0.25) is 0 Å². The molecule has 0 saturated carbocycles. The molecule has 3 N–H and O–H groups in total. The molecule has 9 heteroatoms. The zero-order chi connectivity index (χ0) is 23.8. The van der Waals surface area contributed by atoms with Crippen LogP contribution in [0.25, 0.3) is 0 Å². The van der Waals surface area contributed by atoms with E-state index in [0.717, 1.165) is 5.69 Å². The summed E-state index contributed by atoms with van der Waals surface area (Å²) in [5.41, 5.74) is 2.50. The van der Waals surface area contributed by atoms with Gasteiger partial charge in [-0.1, -0.05) is 36.4 Å². The molecule has 3 rings (SSSR count). The largest absolute Gasteiger partial charge is 0.495 e. The summed E-state index contributed by atoms with van der Waals surface area (Å²) in [6.07, 6.45) is 0. The molecule has 9 nitrogen and oxygen atoms in total. The number of ether oxygens (including phenoxy) is 1. The first-order valence-electron chi connectivity index (χ1n) is 10.1. The van der Waals surface area contributed by atoms with E-state index in [0.29, 0.717) is 17.0 Å². The maximum absolute atomic E-state index is 13.2. The first-order chi connectivity index (χ1) is 15.9. The van der Waals surface area contributed by atoms with Gasteiger partial charge in [-0.25, -0.2) is 4.79 Å². The summed E-state index contributed by atoms with van der Waals surface area (Å²) in [6.45, 7) is 0. The molecule has 0 heterocycles. The van der Waals surface area contributed by atoms with Crippen LogP contribution in [-0.2, 0) is 4.79 Å². The summed E-state index contributed by atoms with van der Waals surface area (Å²) in [4.78, 5) is 38.7. The van der Waals surface area contributed by atoms with Gasteiger partial charge in [-0.05, 0) is 47.1 Å². The Morgan fingerprint density at radius 2 is 1.70 bits per heavy atom. The summed E-state index contributed by atoms with van der Waals surface area (Å²) in [5, 5.41) is 11.0. The van der Waals surface area contributed by atoms with Crippen molar-refractivity contribution in [2.75, 3.05) is 36.7 Å². The average Bonchev–Trinajstić information content (AvgIpc) is 2.83. The second-order valence-electron chi connectivity index (χ2n) is 7.35. The molecule has 170 valence electrons. The molecule has 0 fully saturated rings. The summed E-state index contributed by atoms with van der Waals surface area (Å²) >= 11 is 0. The maximum atomic E-state index is 13.2. The Morgan fingerprint density at radius 3 is 2.36 bits per heavy atom. The molecule has 0 aliphatic rings. The lowest BCUT2D eigenvalue weighted by atomic mass is 10.1. The van der Waals surface area contributed by atoms with Crippen molar-refractivity contribution < 1.29 is 14.3 Å². The molecular formula is C24H25N5O4. The van der Waals surface area contributed by atoms with Crippen LogP contribution < -0.4 is 25.6 Å². The van der Waals surface area contributed by atoms with Gasteiger partial charge in [0.05, 0.1) is 12.8 Å². The van der Waals surface area contributed by atoms with Crippen molar-refractivity contribution in [1.82, 2.24) is 5.32 Å². The SMILES string of the molecule is COc1ccc(N=O)cc1NC(=O)NC(C(=O)Nc1cccc(N(C)C)c1)c1ccccc1. The smallest absolute Gasteiger partial charge is 0.320 e. The Kier molecular flexibility index (Phi) is 7.59. The van der Waals surface area contributed by atoms with E-state index in [-0.39, 0.29) is 11.4 Å². The molecule has 3 aromatic rings. The quantitative estimate of drug-likeness (QED) is 0.435. The van der Waals surface area contributed by atoms with Gasteiger partial charge in [0.15, 0.2) is 0 Å². The topological polar surface area (TPSA) is 112 Å². The number of hydrogen-bond acceptors (Lipinski definition) is 6. The summed E-state index contributed by atoms with van der Waals surface area (Å²) in [6, 6.07) is 19.0. The van der Waals surface area contributed by atoms with Crippen molar-refractivity contribution in [3.63, 3.8) is 0 Å². The number of urea groups is 1. The number of benzene rings is 3. The molecule has 0 spiro atoms. The van der Waals surface area contributed by atoms with Crippen LogP contribution in [0.15, 0.2) is 78.0 Å². The zero-order valence-corrected chi connectivity index (χ0v) is 18.5. The molecule has 1 unspecified atom stereocenters. The number of carbonyl (C=O) groups excluding carboxylic acids is 2. The molecule has 0 bridgehead atoms. The van der Waals surface area contributed by atoms with Gasteiger partial charge in [0.25, 0.3) is 5.91 Å². The second kappa shape index (κ2) is 10.8. The highest BCUT2D eigenvalue weighted by Crippen LogP contribution is 2.29. The highest BCUT2D eigenvalue weighted by Gasteiger charge is 2.23. The minimum Gasteiger partial charge on any atom is -0.495 e. The second-order valence-corrected chi connectivity index (χ2v) is 7.35. The molecule has 33 heavy (non-hydrogen) atoms. The molecule has 0 saturated heterocycles. The Morgan fingerprint density at radius 1 is 0.939 bits per heavy atom. The number of nitrogens with zero attached hydrogens (tertiary/aromatic N) is 2. The number of nitroso groups, excluding NO2 is 1. The third-order valence-corrected chi connectivity index (χ3v) is 4.84. The summed E-state index contributed by atoms with van der Waals surface area (Å²) < 4.78 is 5.22. The van der Waals surface area contributed by atoms with E-state index in [1.165, 1.54) is 25.3 Å². The lowest BCUT2D eigenvalue weighted by Gasteiger charge is -2.20. The Labute approximate surface area is 191 Å². The molecule has 3 amide bonds. The fourth-order valence-corrected chi connectivity index (χ4v) is 3.16. The van der Waals surface area contributed by atoms with Gasteiger partial charge in [0.1, 0.15) is 17.5 Å². The maximum Gasteiger partial charge on any atom is 0.320 e. The Hall–Kier alpha value is -4.40. The fraction of sp³-hybridized carbons (Fsp3) is 0.167. The number of hydrogen-bond donors (Lipinski definition) is 3. The third kappa shape index (κ3) is 6.07. The van der Waals surface area contributed by atoms with Gasteiger partial charge in [0, 0.05) is 25.5 Å². The van der Waals surface area contributed by atoms with Gasteiger partial charge >= 0.3 is 6.03 Å². The van der Waals surface area contributed by atoms with Crippen molar-refractivity contribution in [2.45, 2.75) is 6.04 Å². The van der Waals surface area contributed by atoms with Crippen molar-refractivity contribution in [3.8, 4) is 5.75 Å². The number of methoxy groups -OCH3 is 1. The molecule has 0 aliphatic heterocycles. The Balaban J connectivity index is 1.82. The van der Waals surface area contributed by atoms with Crippen LogP contribution in [0, 0.1) is 4.91 Å². The molecule has 0 aliphatic carbocycles. The van der Waals surface area contributed by atoms with Crippen molar-refractivity contribution in [3.05, 3.63) is 83.3 Å².